The van der Waals surface area contributed by atoms with Crippen molar-refractivity contribution in [3.05, 3.63) is 48.5 Å². The van der Waals surface area contributed by atoms with Gasteiger partial charge in [-0.05, 0) is 55.5 Å². The Morgan fingerprint density at radius 3 is 2.06 bits per heavy atom. The summed E-state index contributed by atoms with van der Waals surface area (Å²) in [4.78, 5) is 12.8. The monoisotopic (exact) mass is 462 g/mol. The van der Waals surface area contributed by atoms with Gasteiger partial charge in [0.05, 0.1) is 26.2 Å². The lowest BCUT2D eigenvalue weighted by Gasteiger charge is -2.28. The van der Waals surface area contributed by atoms with E-state index < -0.39 is 22.0 Å². The Hall–Kier alpha value is -3.18. The molecular weight excluding hydrogens is 440 g/mol. The minimum Gasteiger partial charge on any atom is -0.497 e. The fourth-order valence-electron chi connectivity index (χ4n) is 2.87. The van der Waals surface area contributed by atoms with Crippen LogP contribution in [-0.2, 0) is 14.8 Å². The topological polar surface area (TPSA) is 111 Å². The fraction of sp³-hybridized carbons (Fsp3) is 0.250. The molecular formula is C20H22N4O5S2. The number of sulfonamides is 1. The molecule has 0 unspecified atom stereocenters. The maximum Gasteiger partial charge on any atom is 0.249 e. The molecule has 1 aromatic heterocycles. The third-order valence-electron chi connectivity index (χ3n) is 4.41. The summed E-state index contributed by atoms with van der Waals surface area (Å²) < 4.78 is 36.1. The molecule has 2 aromatic carbocycles. The Morgan fingerprint density at radius 2 is 1.55 bits per heavy atom. The van der Waals surface area contributed by atoms with Gasteiger partial charge in [-0.1, -0.05) is 11.3 Å². The van der Waals surface area contributed by atoms with Gasteiger partial charge in [-0.25, -0.2) is 8.42 Å². The molecule has 0 bridgehead atoms. The number of hydrogen-bond donors (Lipinski definition) is 1. The van der Waals surface area contributed by atoms with Crippen LogP contribution in [0.5, 0.6) is 11.5 Å². The van der Waals surface area contributed by atoms with Crippen molar-refractivity contribution in [2.24, 2.45) is 0 Å². The summed E-state index contributed by atoms with van der Waals surface area (Å²) in [5.41, 5.74) is 1.17. The molecule has 31 heavy (non-hydrogen) atoms. The van der Waals surface area contributed by atoms with Crippen molar-refractivity contribution in [1.29, 1.82) is 0 Å². The van der Waals surface area contributed by atoms with E-state index in [9.17, 15) is 13.2 Å². The standard InChI is InChI=1S/C20H22N4O5S2/c1-13(24(31(4,26)27)15-7-11-17(29-3)12-8-15)18(25)21-20-23-22-19(30-20)14-5-9-16(28-2)10-6-14/h5-13H,1-4H3,(H,21,23,25)/t13-/m0/s1. The highest BCUT2D eigenvalue weighted by atomic mass is 32.2. The molecule has 1 N–H and O–H groups in total. The summed E-state index contributed by atoms with van der Waals surface area (Å²) in [6, 6.07) is 12.7. The van der Waals surface area contributed by atoms with Crippen molar-refractivity contribution in [1.82, 2.24) is 10.2 Å². The lowest BCUT2D eigenvalue weighted by Crippen LogP contribution is -2.45. The van der Waals surface area contributed by atoms with Gasteiger partial charge in [0.25, 0.3) is 0 Å². The Bertz CT molecular complexity index is 1150. The number of aromatic nitrogens is 2. The quantitative estimate of drug-likeness (QED) is 0.548. The molecule has 1 amide bonds. The van der Waals surface area contributed by atoms with Gasteiger partial charge < -0.3 is 9.47 Å². The van der Waals surface area contributed by atoms with Gasteiger partial charge in [-0.2, -0.15) is 0 Å². The van der Waals surface area contributed by atoms with E-state index in [4.69, 9.17) is 9.47 Å². The second kappa shape index (κ2) is 9.31. The Balaban J connectivity index is 1.78. The number of anilines is 2. The first-order valence-corrected chi connectivity index (χ1v) is 11.8. The lowest BCUT2D eigenvalue weighted by atomic mass is 10.2. The molecule has 164 valence electrons. The van der Waals surface area contributed by atoms with Crippen LogP contribution in [0.2, 0.25) is 0 Å². The first-order chi connectivity index (χ1) is 14.7. The second-order valence-corrected chi connectivity index (χ2v) is 9.40. The van der Waals surface area contributed by atoms with Crippen molar-refractivity contribution in [3.8, 4) is 22.1 Å². The van der Waals surface area contributed by atoms with Crippen LogP contribution in [0.25, 0.3) is 10.6 Å². The number of rotatable bonds is 8. The van der Waals surface area contributed by atoms with Crippen LogP contribution in [0.3, 0.4) is 0 Å². The molecule has 1 heterocycles. The zero-order valence-corrected chi connectivity index (χ0v) is 19.0. The first kappa shape index (κ1) is 22.5. The molecule has 1 atom stereocenters. The van der Waals surface area contributed by atoms with Gasteiger partial charge in [0.2, 0.25) is 21.1 Å². The highest BCUT2D eigenvalue weighted by Crippen LogP contribution is 2.29. The van der Waals surface area contributed by atoms with E-state index in [2.05, 4.69) is 15.5 Å². The Morgan fingerprint density at radius 1 is 1.00 bits per heavy atom. The van der Waals surface area contributed by atoms with Gasteiger partial charge in [-0.15, -0.1) is 10.2 Å². The first-order valence-electron chi connectivity index (χ1n) is 9.15. The number of amides is 1. The maximum atomic E-state index is 12.8. The SMILES string of the molecule is COc1ccc(-c2nnc(NC(=O)[C@H](C)N(c3ccc(OC)cc3)S(C)(=O)=O)s2)cc1. The van der Waals surface area contributed by atoms with Crippen LogP contribution in [0, 0.1) is 0 Å². The molecule has 0 aliphatic carbocycles. The normalized spacial score (nSPS) is 12.1. The summed E-state index contributed by atoms with van der Waals surface area (Å²) in [5, 5.41) is 11.6. The third-order valence-corrected chi connectivity index (χ3v) is 6.54. The molecule has 0 spiro atoms. The number of carbonyl (C=O) groups is 1. The molecule has 3 rings (SSSR count). The van der Waals surface area contributed by atoms with Gasteiger partial charge in [0.15, 0.2) is 0 Å². The van der Waals surface area contributed by atoms with E-state index in [0.29, 0.717) is 16.4 Å². The van der Waals surface area contributed by atoms with Gasteiger partial charge in [0.1, 0.15) is 22.5 Å². The zero-order chi connectivity index (χ0) is 22.6. The summed E-state index contributed by atoms with van der Waals surface area (Å²) >= 11 is 1.19. The van der Waals surface area contributed by atoms with Gasteiger partial charge in [0, 0.05) is 5.56 Å². The molecule has 0 aliphatic heterocycles. The van der Waals surface area contributed by atoms with Crippen LogP contribution >= 0.6 is 11.3 Å². The molecule has 0 radical (unpaired) electrons. The molecule has 11 heteroatoms. The highest BCUT2D eigenvalue weighted by Gasteiger charge is 2.29. The van der Waals surface area contributed by atoms with E-state index in [1.807, 2.05) is 12.1 Å². The summed E-state index contributed by atoms with van der Waals surface area (Å²) in [7, 11) is -0.632. The van der Waals surface area contributed by atoms with Gasteiger partial charge in [-0.3, -0.25) is 14.4 Å². The summed E-state index contributed by atoms with van der Waals surface area (Å²) in [6.45, 7) is 1.51. The number of nitrogens with zero attached hydrogens (tertiary/aromatic N) is 3. The van der Waals surface area contributed by atoms with E-state index in [0.717, 1.165) is 21.9 Å². The minimum absolute atomic E-state index is 0.269. The molecule has 0 saturated heterocycles. The largest absolute Gasteiger partial charge is 0.497 e. The number of benzene rings is 2. The Labute approximate surface area is 184 Å². The van der Waals surface area contributed by atoms with E-state index in [1.165, 1.54) is 25.4 Å². The number of nitrogens with one attached hydrogen (secondary N) is 1. The Kier molecular flexibility index (Phi) is 6.76. The highest BCUT2D eigenvalue weighted by molar-refractivity contribution is 7.92. The maximum absolute atomic E-state index is 12.8. The predicted molar refractivity (Wildman–Crippen MR) is 120 cm³/mol. The van der Waals surface area contributed by atoms with Crippen LogP contribution < -0.4 is 19.1 Å². The van der Waals surface area contributed by atoms with Crippen molar-refractivity contribution >= 4 is 38.1 Å². The number of ether oxygens (including phenoxy) is 2. The second-order valence-electron chi connectivity index (χ2n) is 6.56. The van der Waals surface area contributed by atoms with E-state index in [1.54, 1.807) is 43.5 Å². The molecule has 0 saturated carbocycles. The van der Waals surface area contributed by atoms with E-state index >= 15 is 0 Å². The molecule has 9 nitrogen and oxygen atoms in total. The number of methoxy groups -OCH3 is 2. The molecule has 3 aromatic rings. The fourth-order valence-corrected chi connectivity index (χ4v) is 4.80. The average Bonchev–Trinajstić information content (AvgIpc) is 3.21. The van der Waals surface area contributed by atoms with Crippen molar-refractivity contribution in [2.75, 3.05) is 30.1 Å². The predicted octanol–water partition coefficient (Wildman–Crippen LogP) is 3.02. The summed E-state index contributed by atoms with van der Waals surface area (Å²) in [5.74, 6) is 0.767. The summed E-state index contributed by atoms with van der Waals surface area (Å²) in [6.07, 6.45) is 1.05. The number of hydrogen-bond acceptors (Lipinski definition) is 8. The van der Waals surface area contributed by atoms with Crippen molar-refractivity contribution < 1.29 is 22.7 Å². The molecule has 0 aliphatic rings. The third kappa shape index (κ3) is 5.30. The number of carbonyl (C=O) groups excluding carboxylic acids is 1. The van der Waals surface area contributed by atoms with Crippen molar-refractivity contribution in [3.63, 3.8) is 0 Å². The zero-order valence-electron chi connectivity index (χ0n) is 17.4. The molecule has 0 fully saturated rings. The average molecular weight is 463 g/mol. The van der Waals surface area contributed by atoms with Crippen molar-refractivity contribution in [2.45, 2.75) is 13.0 Å². The van der Waals surface area contributed by atoms with Crippen LogP contribution in [0.4, 0.5) is 10.8 Å². The smallest absolute Gasteiger partial charge is 0.249 e. The van der Waals surface area contributed by atoms with Gasteiger partial charge >= 0.3 is 0 Å². The van der Waals surface area contributed by atoms with Crippen LogP contribution in [0.15, 0.2) is 48.5 Å². The lowest BCUT2D eigenvalue weighted by molar-refractivity contribution is -0.116. The van der Waals surface area contributed by atoms with Crippen LogP contribution in [0.1, 0.15) is 6.92 Å². The van der Waals surface area contributed by atoms with E-state index in [-0.39, 0.29) is 5.13 Å². The van der Waals surface area contributed by atoms with Crippen LogP contribution in [-0.4, -0.2) is 51.0 Å². The minimum atomic E-state index is -3.73.